The highest BCUT2D eigenvalue weighted by Gasteiger charge is 2.21. The van der Waals surface area contributed by atoms with Crippen LogP contribution in [-0.4, -0.2) is 48.2 Å². The number of aromatic nitrogens is 2. The van der Waals surface area contributed by atoms with Gasteiger partial charge in [-0.3, -0.25) is 4.90 Å². The highest BCUT2D eigenvalue weighted by Crippen LogP contribution is 2.28. The van der Waals surface area contributed by atoms with Crippen LogP contribution in [0.2, 0.25) is 0 Å². The zero-order valence-corrected chi connectivity index (χ0v) is 16.5. The zero-order chi connectivity index (χ0) is 19.2. The lowest BCUT2D eigenvalue weighted by atomic mass is 10.1. The summed E-state index contributed by atoms with van der Waals surface area (Å²) in [5.41, 5.74) is 3.50. The molecule has 1 aromatic heterocycles. The first kappa shape index (κ1) is 19.5. The summed E-state index contributed by atoms with van der Waals surface area (Å²) in [5, 5.41) is 4.38. The van der Waals surface area contributed by atoms with E-state index in [0.717, 1.165) is 56.3 Å². The van der Waals surface area contributed by atoms with E-state index >= 15 is 0 Å². The van der Waals surface area contributed by atoms with Crippen molar-refractivity contribution in [3.63, 3.8) is 0 Å². The lowest BCUT2D eigenvalue weighted by Crippen LogP contribution is -2.31. The normalized spacial score (nSPS) is 16.7. The van der Waals surface area contributed by atoms with E-state index < -0.39 is 0 Å². The van der Waals surface area contributed by atoms with Crippen LogP contribution in [0.3, 0.4) is 0 Å². The third-order valence-corrected chi connectivity index (χ3v) is 5.05. The first-order valence-corrected chi connectivity index (χ1v) is 9.35. The highest BCUT2D eigenvalue weighted by atomic mass is 16.5. The van der Waals surface area contributed by atoms with E-state index in [1.165, 1.54) is 11.1 Å². The molecule has 2 aromatic rings. The predicted molar refractivity (Wildman–Crippen MR) is 106 cm³/mol. The van der Waals surface area contributed by atoms with Crippen LogP contribution in [0.15, 0.2) is 31.0 Å². The third kappa shape index (κ3) is 4.70. The van der Waals surface area contributed by atoms with Gasteiger partial charge in [-0.15, -0.1) is 0 Å². The molecule has 2 heterocycles. The smallest absolute Gasteiger partial charge is 0.161 e. The fourth-order valence-electron chi connectivity index (χ4n) is 3.54. The fourth-order valence-corrected chi connectivity index (χ4v) is 3.54. The molecule has 1 saturated heterocycles. The molecule has 6 heteroatoms. The van der Waals surface area contributed by atoms with Crippen LogP contribution >= 0.6 is 0 Å². The summed E-state index contributed by atoms with van der Waals surface area (Å²) in [6, 6.07) is 6.09. The average Bonchev–Trinajstić information content (AvgIpc) is 3.31. The molecule has 0 unspecified atom stereocenters. The van der Waals surface area contributed by atoms with E-state index in [1.807, 2.05) is 23.0 Å². The summed E-state index contributed by atoms with van der Waals surface area (Å²) in [5.74, 6) is 1.50. The van der Waals surface area contributed by atoms with Gasteiger partial charge in [-0.2, -0.15) is 5.10 Å². The number of ether oxygens (including phenoxy) is 3. The Kier molecular flexibility index (Phi) is 6.53. The lowest BCUT2D eigenvalue weighted by molar-refractivity contribution is 0.0678. The Morgan fingerprint density at radius 3 is 2.74 bits per heavy atom. The van der Waals surface area contributed by atoms with E-state index in [-0.39, 0.29) is 0 Å². The molecule has 1 atom stereocenters. The van der Waals surface area contributed by atoms with Gasteiger partial charge in [-0.05, 0) is 37.5 Å². The topological polar surface area (TPSA) is 48.8 Å². The van der Waals surface area contributed by atoms with Crippen molar-refractivity contribution in [2.75, 3.05) is 27.4 Å². The van der Waals surface area contributed by atoms with Gasteiger partial charge in [0.05, 0.1) is 26.5 Å². The Hall–Kier alpha value is -2.31. The summed E-state index contributed by atoms with van der Waals surface area (Å²) in [7, 11) is 3.32. The molecule has 27 heavy (non-hydrogen) atoms. The number of hydrogen-bond acceptors (Lipinski definition) is 5. The van der Waals surface area contributed by atoms with Crippen LogP contribution in [0.5, 0.6) is 11.5 Å². The molecule has 1 fully saturated rings. The molecule has 0 bridgehead atoms. The number of rotatable bonds is 9. The number of nitrogens with zero attached hydrogens (tertiary/aromatic N) is 3. The van der Waals surface area contributed by atoms with Crippen LogP contribution in [0.1, 0.15) is 29.7 Å². The first-order chi connectivity index (χ1) is 13.1. The first-order valence-electron chi connectivity index (χ1n) is 9.35. The maximum absolute atomic E-state index is 5.87. The maximum atomic E-state index is 5.87. The van der Waals surface area contributed by atoms with Crippen LogP contribution in [0.4, 0.5) is 0 Å². The molecule has 0 spiro atoms. The molecule has 0 radical (unpaired) electrons. The summed E-state index contributed by atoms with van der Waals surface area (Å²) < 4.78 is 18.5. The standard InChI is InChI=1S/C21H29N3O3/c1-5-24-16(2)18(12-22-24)14-23(15-19-7-6-10-27-19)13-17-8-9-20(25-3)21(11-17)26-4/h5,8-9,11-12,19H,1,6-7,10,13-15H2,2-4H3/t19-/m1/s1. The number of benzene rings is 1. The van der Waals surface area contributed by atoms with Crippen LogP contribution in [0, 0.1) is 6.92 Å². The Labute approximate surface area is 161 Å². The Bertz CT molecular complexity index is 766. The van der Waals surface area contributed by atoms with Gasteiger partial charge in [-0.25, -0.2) is 4.68 Å². The van der Waals surface area contributed by atoms with E-state index in [2.05, 4.69) is 29.6 Å². The molecule has 6 nitrogen and oxygen atoms in total. The minimum absolute atomic E-state index is 0.292. The van der Waals surface area contributed by atoms with Gasteiger partial charge in [0.1, 0.15) is 0 Å². The molecule has 0 N–H and O–H groups in total. The molecule has 3 rings (SSSR count). The molecule has 0 amide bonds. The summed E-state index contributed by atoms with van der Waals surface area (Å²) in [6.07, 6.45) is 6.21. The SMILES string of the molecule is C=Cn1ncc(CN(Cc2ccc(OC)c(OC)c2)C[C@H]2CCCO2)c1C. The second-order valence-electron chi connectivity index (χ2n) is 6.88. The van der Waals surface area contributed by atoms with Gasteiger partial charge >= 0.3 is 0 Å². The van der Waals surface area contributed by atoms with Crippen LogP contribution in [-0.2, 0) is 17.8 Å². The molecule has 0 aliphatic carbocycles. The van der Waals surface area contributed by atoms with Crippen molar-refractivity contribution in [3.8, 4) is 11.5 Å². The number of hydrogen-bond donors (Lipinski definition) is 0. The van der Waals surface area contributed by atoms with Gasteiger partial charge < -0.3 is 14.2 Å². The lowest BCUT2D eigenvalue weighted by Gasteiger charge is -2.25. The van der Waals surface area contributed by atoms with Crippen molar-refractivity contribution in [1.29, 1.82) is 0 Å². The second kappa shape index (κ2) is 9.06. The molecule has 1 aliphatic heterocycles. The fraction of sp³-hybridized carbons (Fsp3) is 0.476. The number of methoxy groups -OCH3 is 2. The Morgan fingerprint density at radius 1 is 1.30 bits per heavy atom. The zero-order valence-electron chi connectivity index (χ0n) is 16.5. The van der Waals surface area contributed by atoms with Crippen molar-refractivity contribution >= 4 is 6.20 Å². The van der Waals surface area contributed by atoms with Gasteiger partial charge in [0.2, 0.25) is 0 Å². The van der Waals surface area contributed by atoms with Gasteiger partial charge in [0.25, 0.3) is 0 Å². The quantitative estimate of drug-likeness (QED) is 0.675. The second-order valence-corrected chi connectivity index (χ2v) is 6.88. The Balaban J connectivity index is 1.78. The van der Waals surface area contributed by atoms with Crippen molar-refractivity contribution < 1.29 is 14.2 Å². The predicted octanol–water partition coefficient (Wildman–Crippen LogP) is 3.49. The van der Waals surface area contributed by atoms with Crippen LogP contribution < -0.4 is 9.47 Å². The van der Waals surface area contributed by atoms with Gasteiger partial charge in [-0.1, -0.05) is 12.6 Å². The van der Waals surface area contributed by atoms with E-state index in [0.29, 0.717) is 6.10 Å². The van der Waals surface area contributed by atoms with Crippen LogP contribution in [0.25, 0.3) is 6.20 Å². The summed E-state index contributed by atoms with van der Waals surface area (Å²) in [6.45, 7) is 9.26. The molecule has 146 valence electrons. The summed E-state index contributed by atoms with van der Waals surface area (Å²) in [4.78, 5) is 2.41. The largest absolute Gasteiger partial charge is 0.493 e. The molecular formula is C21H29N3O3. The minimum atomic E-state index is 0.292. The monoisotopic (exact) mass is 371 g/mol. The molecule has 0 saturated carbocycles. The highest BCUT2D eigenvalue weighted by molar-refractivity contribution is 5.42. The molecule has 1 aliphatic rings. The van der Waals surface area contributed by atoms with Gasteiger partial charge in [0, 0.05) is 43.7 Å². The minimum Gasteiger partial charge on any atom is -0.493 e. The van der Waals surface area contributed by atoms with Crippen molar-refractivity contribution in [2.45, 2.75) is 39.0 Å². The molecular weight excluding hydrogens is 342 g/mol. The maximum Gasteiger partial charge on any atom is 0.161 e. The third-order valence-electron chi connectivity index (χ3n) is 5.05. The van der Waals surface area contributed by atoms with Gasteiger partial charge in [0.15, 0.2) is 11.5 Å². The summed E-state index contributed by atoms with van der Waals surface area (Å²) >= 11 is 0. The van der Waals surface area contributed by atoms with E-state index in [9.17, 15) is 0 Å². The molecule has 1 aromatic carbocycles. The van der Waals surface area contributed by atoms with Crippen molar-refractivity contribution in [2.24, 2.45) is 0 Å². The Morgan fingerprint density at radius 2 is 2.11 bits per heavy atom. The van der Waals surface area contributed by atoms with Crippen molar-refractivity contribution in [3.05, 3.63) is 47.8 Å². The van der Waals surface area contributed by atoms with E-state index in [4.69, 9.17) is 14.2 Å². The van der Waals surface area contributed by atoms with Crippen molar-refractivity contribution in [1.82, 2.24) is 14.7 Å². The van der Waals surface area contributed by atoms with E-state index in [1.54, 1.807) is 20.4 Å². The average molecular weight is 371 g/mol.